The number of likely N-dealkylation sites (tertiary alicyclic amines) is 1. The Morgan fingerprint density at radius 1 is 1.39 bits per heavy atom. The molecule has 2 unspecified atom stereocenters. The Hall–Kier alpha value is -1.10. The number of carbonyl (C=O) groups is 2. The van der Waals surface area contributed by atoms with Crippen LogP contribution in [-0.4, -0.2) is 47.9 Å². The molecule has 0 aromatic carbocycles. The van der Waals surface area contributed by atoms with Gasteiger partial charge in [-0.1, -0.05) is 0 Å². The third kappa shape index (κ3) is 2.83. The van der Waals surface area contributed by atoms with E-state index < -0.39 is 5.54 Å². The van der Waals surface area contributed by atoms with Crippen LogP contribution >= 0.6 is 0 Å². The highest BCUT2D eigenvalue weighted by Crippen LogP contribution is 2.23. The average Bonchev–Trinajstić information content (AvgIpc) is 2.76. The molecule has 2 atom stereocenters. The highest BCUT2D eigenvalue weighted by Gasteiger charge is 2.40. The van der Waals surface area contributed by atoms with E-state index in [1.54, 1.807) is 0 Å². The summed E-state index contributed by atoms with van der Waals surface area (Å²) < 4.78 is 0. The van der Waals surface area contributed by atoms with Gasteiger partial charge in [-0.25, -0.2) is 0 Å². The van der Waals surface area contributed by atoms with E-state index in [-0.39, 0.29) is 17.9 Å². The number of nitrogens with one attached hydrogen (secondary N) is 2. The predicted molar refractivity (Wildman–Crippen MR) is 69.1 cm³/mol. The molecule has 2 N–H and O–H groups in total. The van der Waals surface area contributed by atoms with Gasteiger partial charge in [-0.05, 0) is 39.2 Å². The first kappa shape index (κ1) is 13.3. The lowest BCUT2D eigenvalue weighted by atomic mass is 9.96. The maximum atomic E-state index is 12.5. The largest absolute Gasteiger partial charge is 0.352 e. The summed E-state index contributed by atoms with van der Waals surface area (Å²) in [5.41, 5.74) is -0.391. The second kappa shape index (κ2) is 5.26. The predicted octanol–water partition coefficient (Wildman–Crippen LogP) is 0.256. The molecule has 18 heavy (non-hydrogen) atoms. The number of hydrogen-bond acceptors (Lipinski definition) is 3. The highest BCUT2D eigenvalue weighted by atomic mass is 16.2. The van der Waals surface area contributed by atoms with Crippen molar-refractivity contribution in [2.24, 2.45) is 0 Å². The molecule has 102 valence electrons. The molecule has 2 heterocycles. The van der Waals surface area contributed by atoms with Crippen molar-refractivity contribution in [3.8, 4) is 0 Å². The SMILES string of the molecule is CC(=O)NC1CCCN(C(=O)C2(C)CCCN2)C1. The molecule has 0 aromatic rings. The molecule has 0 aliphatic carbocycles. The van der Waals surface area contributed by atoms with E-state index in [0.29, 0.717) is 6.54 Å². The number of amides is 2. The number of hydrogen-bond donors (Lipinski definition) is 2. The molecule has 5 heteroatoms. The van der Waals surface area contributed by atoms with Crippen LogP contribution < -0.4 is 10.6 Å². The molecule has 0 radical (unpaired) electrons. The standard InChI is InChI=1S/C13H23N3O2/c1-10(17)15-11-5-3-8-16(9-11)12(18)13(2)6-4-7-14-13/h11,14H,3-9H2,1-2H3,(H,15,17). The monoisotopic (exact) mass is 253 g/mol. The average molecular weight is 253 g/mol. The van der Waals surface area contributed by atoms with E-state index in [4.69, 9.17) is 0 Å². The second-order valence-electron chi connectivity index (χ2n) is 5.65. The quantitative estimate of drug-likeness (QED) is 0.742. The third-order valence-electron chi connectivity index (χ3n) is 3.96. The molecular weight excluding hydrogens is 230 g/mol. The van der Waals surface area contributed by atoms with Crippen LogP contribution in [0.1, 0.15) is 39.5 Å². The van der Waals surface area contributed by atoms with Crippen LogP contribution in [0.15, 0.2) is 0 Å². The molecule has 2 aliphatic rings. The molecular formula is C13H23N3O2. The Balaban J connectivity index is 1.95. The zero-order valence-corrected chi connectivity index (χ0v) is 11.3. The van der Waals surface area contributed by atoms with Gasteiger partial charge in [0.1, 0.15) is 0 Å². The van der Waals surface area contributed by atoms with E-state index in [1.165, 1.54) is 6.92 Å². The molecule has 5 nitrogen and oxygen atoms in total. The van der Waals surface area contributed by atoms with Crippen LogP contribution in [0.5, 0.6) is 0 Å². The Morgan fingerprint density at radius 2 is 2.17 bits per heavy atom. The van der Waals surface area contributed by atoms with Gasteiger partial charge in [-0.2, -0.15) is 0 Å². The molecule has 2 rings (SSSR count). The van der Waals surface area contributed by atoms with Gasteiger partial charge < -0.3 is 15.5 Å². The highest BCUT2D eigenvalue weighted by molar-refractivity contribution is 5.86. The van der Waals surface area contributed by atoms with Crippen molar-refractivity contribution in [1.29, 1.82) is 0 Å². The van der Waals surface area contributed by atoms with E-state index in [1.807, 2.05) is 11.8 Å². The molecule has 0 bridgehead atoms. The number of carbonyl (C=O) groups excluding carboxylic acids is 2. The van der Waals surface area contributed by atoms with Crippen LogP contribution in [0.25, 0.3) is 0 Å². The van der Waals surface area contributed by atoms with Crippen molar-refractivity contribution in [3.05, 3.63) is 0 Å². The molecule has 2 fully saturated rings. The van der Waals surface area contributed by atoms with Crippen molar-refractivity contribution in [3.63, 3.8) is 0 Å². The summed E-state index contributed by atoms with van der Waals surface area (Å²) >= 11 is 0. The maximum Gasteiger partial charge on any atom is 0.242 e. The first-order chi connectivity index (χ1) is 8.51. The summed E-state index contributed by atoms with van der Waals surface area (Å²) in [5, 5.41) is 6.22. The fourth-order valence-electron chi connectivity index (χ4n) is 2.99. The zero-order chi connectivity index (χ0) is 13.2. The summed E-state index contributed by atoms with van der Waals surface area (Å²) in [7, 11) is 0. The minimum atomic E-state index is -0.391. The molecule has 0 aromatic heterocycles. The van der Waals surface area contributed by atoms with Gasteiger partial charge in [0.05, 0.1) is 5.54 Å². The summed E-state index contributed by atoms with van der Waals surface area (Å²) in [6.07, 6.45) is 3.90. The molecule has 2 saturated heterocycles. The summed E-state index contributed by atoms with van der Waals surface area (Å²) in [4.78, 5) is 25.5. The minimum absolute atomic E-state index is 0.0143. The van der Waals surface area contributed by atoms with E-state index in [0.717, 1.165) is 38.8 Å². The van der Waals surface area contributed by atoms with Crippen LogP contribution in [0.2, 0.25) is 0 Å². The molecule has 2 amide bonds. The Bertz CT molecular complexity index is 337. The van der Waals surface area contributed by atoms with E-state index in [9.17, 15) is 9.59 Å². The topological polar surface area (TPSA) is 61.4 Å². The minimum Gasteiger partial charge on any atom is -0.352 e. The van der Waals surface area contributed by atoms with Crippen molar-refractivity contribution < 1.29 is 9.59 Å². The van der Waals surface area contributed by atoms with Gasteiger partial charge in [-0.15, -0.1) is 0 Å². The van der Waals surface area contributed by atoms with Crippen LogP contribution in [-0.2, 0) is 9.59 Å². The Kier molecular flexibility index (Phi) is 3.90. The number of piperidine rings is 1. The van der Waals surface area contributed by atoms with Crippen LogP contribution in [0.4, 0.5) is 0 Å². The lowest BCUT2D eigenvalue weighted by Gasteiger charge is -2.37. The summed E-state index contributed by atoms with van der Waals surface area (Å²) in [5.74, 6) is 0.176. The maximum absolute atomic E-state index is 12.5. The lowest BCUT2D eigenvalue weighted by molar-refractivity contribution is -0.139. The van der Waals surface area contributed by atoms with Crippen LogP contribution in [0.3, 0.4) is 0 Å². The van der Waals surface area contributed by atoms with Crippen molar-refractivity contribution in [2.45, 2.75) is 51.1 Å². The second-order valence-corrected chi connectivity index (χ2v) is 5.65. The third-order valence-corrected chi connectivity index (χ3v) is 3.96. The van der Waals surface area contributed by atoms with Gasteiger partial charge in [0.15, 0.2) is 0 Å². The fourth-order valence-corrected chi connectivity index (χ4v) is 2.99. The van der Waals surface area contributed by atoms with Crippen molar-refractivity contribution >= 4 is 11.8 Å². The molecule has 0 spiro atoms. The van der Waals surface area contributed by atoms with Gasteiger partial charge in [0.25, 0.3) is 0 Å². The normalized spacial score (nSPS) is 32.3. The van der Waals surface area contributed by atoms with Gasteiger partial charge in [-0.3, -0.25) is 9.59 Å². The van der Waals surface area contributed by atoms with Gasteiger partial charge in [0, 0.05) is 26.1 Å². The zero-order valence-electron chi connectivity index (χ0n) is 11.3. The first-order valence-electron chi connectivity index (χ1n) is 6.83. The lowest BCUT2D eigenvalue weighted by Crippen LogP contribution is -2.57. The number of nitrogens with zero attached hydrogens (tertiary/aromatic N) is 1. The molecule has 2 aliphatic heterocycles. The Morgan fingerprint density at radius 3 is 2.78 bits per heavy atom. The first-order valence-corrected chi connectivity index (χ1v) is 6.83. The Labute approximate surface area is 108 Å². The number of rotatable bonds is 2. The fraction of sp³-hybridized carbons (Fsp3) is 0.846. The van der Waals surface area contributed by atoms with Crippen LogP contribution in [0, 0.1) is 0 Å². The van der Waals surface area contributed by atoms with Gasteiger partial charge in [0.2, 0.25) is 11.8 Å². The smallest absolute Gasteiger partial charge is 0.242 e. The van der Waals surface area contributed by atoms with E-state index in [2.05, 4.69) is 10.6 Å². The van der Waals surface area contributed by atoms with Crippen molar-refractivity contribution in [2.75, 3.05) is 19.6 Å². The summed E-state index contributed by atoms with van der Waals surface area (Å²) in [6, 6.07) is 0.116. The van der Waals surface area contributed by atoms with Gasteiger partial charge >= 0.3 is 0 Å². The molecule has 0 saturated carbocycles. The van der Waals surface area contributed by atoms with E-state index >= 15 is 0 Å². The van der Waals surface area contributed by atoms with Crippen molar-refractivity contribution in [1.82, 2.24) is 15.5 Å². The summed E-state index contributed by atoms with van der Waals surface area (Å²) in [6.45, 7) is 5.90.